The monoisotopic (exact) mass is 436 g/mol. The first-order valence-corrected chi connectivity index (χ1v) is 10.3. The van der Waals surface area contributed by atoms with Crippen molar-refractivity contribution in [1.82, 2.24) is 9.88 Å². The van der Waals surface area contributed by atoms with Gasteiger partial charge in [0.2, 0.25) is 0 Å². The van der Waals surface area contributed by atoms with Crippen LogP contribution in [0.4, 0.5) is 0 Å². The maximum Gasteiger partial charge on any atom is 0.326 e. The van der Waals surface area contributed by atoms with Gasteiger partial charge in [-0.05, 0) is 66.4 Å². The number of aliphatic carboxylic acids is 1. The molecule has 3 aromatic rings. The van der Waals surface area contributed by atoms with Crippen LogP contribution >= 0.6 is 11.6 Å². The van der Waals surface area contributed by atoms with Crippen LogP contribution in [0.2, 0.25) is 5.02 Å². The summed E-state index contributed by atoms with van der Waals surface area (Å²) >= 11 is 6.35. The molecular formula is C24H21ClN2O4. The topological polar surface area (TPSA) is 79.7 Å². The van der Waals surface area contributed by atoms with E-state index in [9.17, 15) is 14.7 Å². The van der Waals surface area contributed by atoms with E-state index in [1.807, 2.05) is 30.3 Å². The van der Waals surface area contributed by atoms with E-state index in [-0.39, 0.29) is 11.9 Å². The minimum atomic E-state index is -1.01. The summed E-state index contributed by atoms with van der Waals surface area (Å²) in [5.74, 6) is -0.733. The van der Waals surface area contributed by atoms with Gasteiger partial charge >= 0.3 is 5.97 Å². The highest BCUT2D eigenvalue weighted by Crippen LogP contribution is 2.40. The highest BCUT2D eigenvalue weighted by molar-refractivity contribution is 6.31. The Morgan fingerprint density at radius 2 is 1.74 bits per heavy atom. The molecule has 2 atom stereocenters. The zero-order valence-electron chi connectivity index (χ0n) is 16.6. The Morgan fingerprint density at radius 1 is 1.03 bits per heavy atom. The van der Waals surface area contributed by atoms with Gasteiger partial charge in [0.15, 0.2) is 0 Å². The van der Waals surface area contributed by atoms with E-state index < -0.39 is 12.0 Å². The lowest BCUT2D eigenvalue weighted by Gasteiger charge is -2.29. The Balaban J connectivity index is 1.54. The third kappa shape index (κ3) is 4.54. The van der Waals surface area contributed by atoms with Crippen LogP contribution in [0.15, 0.2) is 73.1 Å². The number of likely N-dealkylation sites (tertiary alicyclic amines) is 1. The fourth-order valence-electron chi connectivity index (χ4n) is 3.88. The number of carbonyl (C=O) groups excluding carboxylic acids is 1. The number of pyridine rings is 1. The van der Waals surface area contributed by atoms with Crippen molar-refractivity contribution in [1.29, 1.82) is 0 Å². The number of amides is 1. The van der Waals surface area contributed by atoms with Gasteiger partial charge in [-0.3, -0.25) is 9.78 Å². The number of aromatic nitrogens is 1. The van der Waals surface area contributed by atoms with Crippen LogP contribution < -0.4 is 4.74 Å². The molecule has 0 spiro atoms. The molecule has 31 heavy (non-hydrogen) atoms. The molecular weight excluding hydrogens is 416 g/mol. The second-order valence-electron chi connectivity index (χ2n) is 7.35. The second kappa shape index (κ2) is 9.18. The van der Waals surface area contributed by atoms with Crippen molar-refractivity contribution in [2.75, 3.05) is 0 Å². The van der Waals surface area contributed by atoms with Gasteiger partial charge in [-0.2, -0.15) is 0 Å². The Hall–Kier alpha value is -3.38. The smallest absolute Gasteiger partial charge is 0.326 e. The number of benzene rings is 2. The van der Waals surface area contributed by atoms with Gasteiger partial charge < -0.3 is 14.7 Å². The Labute approximate surface area is 185 Å². The molecule has 2 aromatic carbocycles. The fourth-order valence-corrected chi connectivity index (χ4v) is 4.14. The minimum absolute atomic E-state index is 0.337. The minimum Gasteiger partial charge on any atom is -0.489 e. The molecule has 0 unspecified atom stereocenters. The molecule has 1 amide bonds. The summed E-state index contributed by atoms with van der Waals surface area (Å²) in [7, 11) is 0. The van der Waals surface area contributed by atoms with Crippen LogP contribution in [-0.2, 0) is 11.4 Å². The van der Waals surface area contributed by atoms with Gasteiger partial charge in [0, 0.05) is 23.0 Å². The zero-order chi connectivity index (χ0) is 21.8. The van der Waals surface area contributed by atoms with E-state index >= 15 is 0 Å². The molecule has 0 aliphatic carbocycles. The molecule has 0 bridgehead atoms. The van der Waals surface area contributed by atoms with E-state index in [1.165, 1.54) is 4.90 Å². The van der Waals surface area contributed by atoms with Crippen LogP contribution in [0.5, 0.6) is 5.75 Å². The first kappa shape index (κ1) is 20.9. The number of hydrogen-bond donors (Lipinski definition) is 1. The Bertz CT molecular complexity index is 1070. The van der Waals surface area contributed by atoms with Crippen molar-refractivity contribution in [2.24, 2.45) is 0 Å². The van der Waals surface area contributed by atoms with Gasteiger partial charge in [0.25, 0.3) is 5.91 Å². The number of rotatable bonds is 6. The highest BCUT2D eigenvalue weighted by atomic mass is 35.5. The van der Waals surface area contributed by atoms with Crippen LogP contribution in [0, 0.1) is 0 Å². The Morgan fingerprint density at radius 3 is 2.42 bits per heavy atom. The lowest BCUT2D eigenvalue weighted by atomic mass is 10.0. The first-order valence-electron chi connectivity index (χ1n) is 9.96. The van der Waals surface area contributed by atoms with Crippen molar-refractivity contribution >= 4 is 23.5 Å². The SMILES string of the molecule is O=C(O)[C@@H]1CC[C@H](c2ccccc2Cl)N1C(=O)c1ccc(OCc2ccncc2)cc1. The van der Waals surface area contributed by atoms with Crippen molar-refractivity contribution in [3.05, 3.63) is 94.8 Å². The van der Waals surface area contributed by atoms with Gasteiger partial charge in [-0.1, -0.05) is 29.8 Å². The number of carbonyl (C=O) groups is 2. The van der Waals surface area contributed by atoms with Gasteiger partial charge in [0.05, 0.1) is 6.04 Å². The molecule has 0 radical (unpaired) electrons. The van der Waals surface area contributed by atoms with Gasteiger partial charge in [-0.15, -0.1) is 0 Å². The standard InChI is InChI=1S/C24H21ClN2O4/c25-20-4-2-1-3-19(20)21-9-10-22(24(29)30)27(21)23(28)17-5-7-18(8-6-17)31-15-16-11-13-26-14-12-16/h1-8,11-14,21-22H,9-10,15H2,(H,29,30)/t21-,22+/m1/s1. The average molecular weight is 437 g/mol. The molecule has 1 aliphatic rings. The van der Waals surface area contributed by atoms with E-state index in [0.717, 1.165) is 11.1 Å². The average Bonchev–Trinajstić information content (AvgIpc) is 3.24. The summed E-state index contributed by atoms with van der Waals surface area (Å²) in [5, 5.41) is 10.2. The van der Waals surface area contributed by atoms with E-state index in [4.69, 9.17) is 16.3 Å². The van der Waals surface area contributed by atoms with Crippen molar-refractivity contribution in [3.63, 3.8) is 0 Å². The van der Waals surface area contributed by atoms with E-state index in [0.29, 0.717) is 35.8 Å². The molecule has 2 heterocycles. The number of hydrogen-bond acceptors (Lipinski definition) is 4. The highest BCUT2D eigenvalue weighted by Gasteiger charge is 2.42. The molecule has 1 fully saturated rings. The third-order valence-electron chi connectivity index (χ3n) is 5.43. The third-order valence-corrected chi connectivity index (χ3v) is 5.77. The molecule has 0 saturated carbocycles. The van der Waals surface area contributed by atoms with Crippen molar-refractivity contribution in [2.45, 2.75) is 31.5 Å². The molecule has 1 aromatic heterocycles. The second-order valence-corrected chi connectivity index (χ2v) is 7.76. The summed E-state index contributed by atoms with van der Waals surface area (Å²) in [5.41, 5.74) is 2.15. The summed E-state index contributed by atoms with van der Waals surface area (Å²) in [4.78, 5) is 30.6. The predicted molar refractivity (Wildman–Crippen MR) is 116 cm³/mol. The summed E-state index contributed by atoms with van der Waals surface area (Å²) in [6.07, 6.45) is 4.32. The van der Waals surface area contributed by atoms with E-state index in [2.05, 4.69) is 4.98 Å². The lowest BCUT2D eigenvalue weighted by molar-refractivity contribution is -0.141. The number of carboxylic acid groups (broad SMARTS) is 1. The molecule has 6 nitrogen and oxygen atoms in total. The quantitative estimate of drug-likeness (QED) is 0.603. The number of nitrogens with zero attached hydrogens (tertiary/aromatic N) is 2. The maximum absolute atomic E-state index is 13.3. The van der Waals surface area contributed by atoms with E-state index in [1.54, 1.807) is 42.7 Å². The van der Waals surface area contributed by atoms with Crippen LogP contribution in [-0.4, -0.2) is 32.9 Å². The van der Waals surface area contributed by atoms with Crippen molar-refractivity contribution in [3.8, 4) is 5.75 Å². The summed E-state index contributed by atoms with van der Waals surface area (Å²) < 4.78 is 5.75. The molecule has 1 aliphatic heterocycles. The number of ether oxygens (including phenoxy) is 1. The number of carboxylic acids is 1. The van der Waals surface area contributed by atoms with Gasteiger partial charge in [-0.25, -0.2) is 4.79 Å². The first-order chi connectivity index (χ1) is 15.0. The van der Waals surface area contributed by atoms with Crippen LogP contribution in [0.25, 0.3) is 0 Å². The van der Waals surface area contributed by atoms with Crippen LogP contribution in [0.3, 0.4) is 0 Å². The maximum atomic E-state index is 13.3. The number of halogens is 1. The predicted octanol–water partition coefficient (Wildman–Crippen LogP) is 4.74. The summed E-state index contributed by atoms with van der Waals surface area (Å²) in [6, 6.07) is 16.4. The zero-order valence-corrected chi connectivity index (χ0v) is 17.4. The largest absolute Gasteiger partial charge is 0.489 e. The molecule has 1 saturated heterocycles. The normalized spacial score (nSPS) is 18.0. The molecule has 7 heteroatoms. The molecule has 4 rings (SSSR count). The fraction of sp³-hybridized carbons (Fsp3) is 0.208. The summed E-state index contributed by atoms with van der Waals surface area (Å²) in [6.45, 7) is 0.387. The molecule has 1 N–H and O–H groups in total. The Kier molecular flexibility index (Phi) is 6.18. The molecule has 158 valence electrons. The van der Waals surface area contributed by atoms with Crippen LogP contribution in [0.1, 0.15) is 40.4 Å². The van der Waals surface area contributed by atoms with Gasteiger partial charge in [0.1, 0.15) is 18.4 Å². The lowest BCUT2D eigenvalue weighted by Crippen LogP contribution is -2.41. The van der Waals surface area contributed by atoms with Crippen molar-refractivity contribution < 1.29 is 19.4 Å².